The van der Waals surface area contributed by atoms with E-state index in [0.717, 1.165) is 41.6 Å². The van der Waals surface area contributed by atoms with Crippen LogP contribution in [0.4, 0.5) is 10.5 Å². The van der Waals surface area contributed by atoms with E-state index in [4.69, 9.17) is 9.47 Å². The van der Waals surface area contributed by atoms with Crippen molar-refractivity contribution in [3.63, 3.8) is 0 Å². The lowest BCUT2D eigenvalue weighted by molar-refractivity contribution is -0.119. The summed E-state index contributed by atoms with van der Waals surface area (Å²) >= 11 is 0. The number of anilines is 1. The van der Waals surface area contributed by atoms with Crippen LogP contribution >= 0.6 is 0 Å². The Morgan fingerprint density at radius 2 is 2.09 bits per heavy atom. The molecule has 0 aliphatic carbocycles. The van der Waals surface area contributed by atoms with Crippen LogP contribution in [0.3, 0.4) is 0 Å². The first-order chi connectivity index (χ1) is 15.7. The molecule has 1 aromatic carbocycles. The highest BCUT2D eigenvalue weighted by Crippen LogP contribution is 2.43. The predicted molar refractivity (Wildman–Crippen MR) is 123 cm³/mol. The molecule has 1 saturated heterocycles. The van der Waals surface area contributed by atoms with Crippen molar-refractivity contribution in [3.8, 4) is 16.9 Å². The van der Waals surface area contributed by atoms with Gasteiger partial charge in [-0.25, -0.2) is 4.79 Å². The zero-order valence-corrected chi connectivity index (χ0v) is 19.6. The van der Waals surface area contributed by atoms with Crippen molar-refractivity contribution in [1.29, 1.82) is 0 Å². The molecule has 9 nitrogen and oxygen atoms in total. The molecule has 0 radical (unpaired) electrons. The van der Waals surface area contributed by atoms with Crippen molar-refractivity contribution in [1.82, 2.24) is 15.1 Å². The van der Waals surface area contributed by atoms with Gasteiger partial charge in [0, 0.05) is 35.3 Å². The molecule has 2 amide bonds. The Balaban J connectivity index is 1.73. The van der Waals surface area contributed by atoms with Gasteiger partial charge in [0.1, 0.15) is 12.4 Å². The second-order valence-corrected chi connectivity index (χ2v) is 9.52. The Bertz CT molecular complexity index is 1040. The van der Waals surface area contributed by atoms with Crippen LogP contribution < -0.4 is 15.0 Å². The minimum absolute atomic E-state index is 0.00676. The third-order valence-electron chi connectivity index (χ3n) is 6.13. The fourth-order valence-corrected chi connectivity index (χ4v) is 4.55. The number of rotatable bonds is 6. The smallest absolute Gasteiger partial charge is 0.414 e. The summed E-state index contributed by atoms with van der Waals surface area (Å²) < 4.78 is 13.1. The number of ether oxygens (including phenoxy) is 2. The molecule has 3 heterocycles. The Labute approximate surface area is 193 Å². The van der Waals surface area contributed by atoms with Crippen LogP contribution in [0, 0.1) is 0 Å². The Hall–Kier alpha value is -3.07. The quantitative estimate of drug-likeness (QED) is 0.692. The summed E-state index contributed by atoms with van der Waals surface area (Å²) in [4.78, 5) is 25.8. The molecule has 33 heavy (non-hydrogen) atoms. The largest absolute Gasteiger partial charge is 0.490 e. The van der Waals surface area contributed by atoms with Crippen molar-refractivity contribution < 1.29 is 24.2 Å². The van der Waals surface area contributed by atoms with Gasteiger partial charge < -0.3 is 19.9 Å². The van der Waals surface area contributed by atoms with E-state index in [2.05, 4.69) is 10.4 Å². The molecule has 178 valence electrons. The van der Waals surface area contributed by atoms with E-state index in [1.165, 1.54) is 7.11 Å². The topological polar surface area (TPSA) is 106 Å². The van der Waals surface area contributed by atoms with Gasteiger partial charge >= 0.3 is 6.09 Å². The maximum atomic E-state index is 12.5. The minimum Gasteiger partial charge on any atom is -0.490 e. The number of aliphatic hydroxyl groups is 1. The zero-order valence-electron chi connectivity index (χ0n) is 19.6. The van der Waals surface area contributed by atoms with Crippen LogP contribution in [0.15, 0.2) is 24.5 Å². The van der Waals surface area contributed by atoms with Crippen LogP contribution in [0.5, 0.6) is 5.75 Å². The molecule has 0 bridgehead atoms. The number of aromatic nitrogens is 2. The number of methoxy groups -OCH3 is 1. The Morgan fingerprint density at radius 1 is 1.30 bits per heavy atom. The summed E-state index contributed by atoms with van der Waals surface area (Å²) in [5.41, 5.74) is 2.54. The van der Waals surface area contributed by atoms with Gasteiger partial charge in [-0.05, 0) is 52.2 Å². The molecular weight excluding hydrogens is 424 g/mol. The van der Waals surface area contributed by atoms with E-state index >= 15 is 0 Å². The van der Waals surface area contributed by atoms with E-state index in [0.29, 0.717) is 25.3 Å². The minimum atomic E-state index is -0.893. The summed E-state index contributed by atoms with van der Waals surface area (Å²) in [6, 6.07) is 3.82. The number of nitrogens with zero attached hydrogens (tertiary/aromatic N) is 3. The van der Waals surface area contributed by atoms with Crippen LogP contribution in [0.1, 0.15) is 45.6 Å². The van der Waals surface area contributed by atoms with E-state index in [1.807, 2.05) is 25.3 Å². The zero-order chi connectivity index (χ0) is 23.8. The van der Waals surface area contributed by atoms with Gasteiger partial charge in [-0.15, -0.1) is 0 Å². The normalized spacial score (nSPS) is 20.4. The highest BCUT2D eigenvalue weighted by atomic mass is 16.5. The van der Waals surface area contributed by atoms with Crippen molar-refractivity contribution in [3.05, 3.63) is 30.1 Å². The number of amides is 2. The highest BCUT2D eigenvalue weighted by Gasteiger charge is 2.33. The molecule has 2 atom stereocenters. The second-order valence-electron chi connectivity index (χ2n) is 9.52. The molecule has 1 fully saturated rings. The van der Waals surface area contributed by atoms with E-state index in [1.54, 1.807) is 29.6 Å². The Morgan fingerprint density at radius 3 is 2.76 bits per heavy atom. The molecule has 2 aliphatic heterocycles. The second kappa shape index (κ2) is 9.05. The fourth-order valence-electron chi connectivity index (χ4n) is 4.55. The van der Waals surface area contributed by atoms with Gasteiger partial charge in [-0.3, -0.25) is 14.4 Å². The Kier molecular flexibility index (Phi) is 6.34. The van der Waals surface area contributed by atoms with Gasteiger partial charge in [0.15, 0.2) is 0 Å². The van der Waals surface area contributed by atoms with E-state index < -0.39 is 11.7 Å². The summed E-state index contributed by atoms with van der Waals surface area (Å²) in [7, 11) is 1.38. The maximum Gasteiger partial charge on any atom is 0.414 e. The van der Waals surface area contributed by atoms with Crippen LogP contribution in [-0.4, -0.2) is 58.3 Å². The van der Waals surface area contributed by atoms with Crippen LogP contribution in [-0.2, 0) is 22.5 Å². The molecule has 2 aliphatic rings. The van der Waals surface area contributed by atoms with Crippen molar-refractivity contribution in [2.24, 2.45) is 0 Å². The molecule has 4 rings (SSSR count). The van der Waals surface area contributed by atoms with Gasteiger partial charge in [-0.1, -0.05) is 0 Å². The lowest BCUT2D eigenvalue weighted by Crippen LogP contribution is -2.42. The number of nitrogens with one attached hydrogen (secondary N) is 1. The highest BCUT2D eigenvalue weighted by molar-refractivity contribution is 5.92. The van der Waals surface area contributed by atoms with E-state index in [-0.39, 0.29) is 18.0 Å². The van der Waals surface area contributed by atoms with Crippen molar-refractivity contribution in [2.45, 2.75) is 70.7 Å². The molecule has 2 aromatic rings. The molecular formula is C24H32N4O5. The SMILES string of the molecule is COC(=O)N1c2ccc(-c3cnn(CC(C)(C)O)c3)c(OC[C@H]3CCC(=O)N3)c2CC[C@@H]1C. The molecule has 9 heteroatoms. The number of hydrogen-bond acceptors (Lipinski definition) is 6. The first-order valence-electron chi connectivity index (χ1n) is 11.4. The number of hydrogen-bond donors (Lipinski definition) is 2. The molecule has 0 spiro atoms. The van der Waals surface area contributed by atoms with E-state index in [9.17, 15) is 14.7 Å². The number of carbonyl (C=O) groups is 2. The third-order valence-corrected chi connectivity index (χ3v) is 6.13. The molecule has 2 N–H and O–H groups in total. The summed E-state index contributed by atoms with van der Waals surface area (Å²) in [6.45, 7) is 6.18. The standard InChI is InChI=1S/C24H32N4O5/c1-15-5-7-19-20(28(15)23(30)32-4)9-8-18(16-11-25-27(12-16)14-24(2,3)31)22(19)33-13-17-6-10-21(29)26-17/h8-9,11-12,15,17,31H,5-7,10,13-14H2,1-4H3,(H,26,29)/t15-,17+/m0/s1. The summed E-state index contributed by atoms with van der Waals surface area (Å²) in [5.74, 6) is 0.731. The molecule has 0 saturated carbocycles. The number of benzene rings is 1. The third kappa shape index (κ3) is 4.98. The van der Waals surface area contributed by atoms with Crippen molar-refractivity contribution in [2.75, 3.05) is 18.6 Å². The van der Waals surface area contributed by atoms with Gasteiger partial charge in [0.2, 0.25) is 5.91 Å². The number of carbonyl (C=O) groups excluding carboxylic acids is 2. The van der Waals surface area contributed by atoms with Crippen LogP contribution in [0.2, 0.25) is 0 Å². The van der Waals surface area contributed by atoms with Gasteiger partial charge in [0.05, 0.1) is 37.2 Å². The lowest BCUT2D eigenvalue weighted by atomic mass is 9.92. The van der Waals surface area contributed by atoms with Gasteiger partial charge in [-0.2, -0.15) is 5.10 Å². The van der Waals surface area contributed by atoms with Crippen molar-refractivity contribution >= 4 is 17.7 Å². The average Bonchev–Trinajstić information content (AvgIpc) is 3.38. The summed E-state index contributed by atoms with van der Waals surface area (Å²) in [5, 5.41) is 17.5. The number of fused-ring (bicyclic) bond motifs is 1. The first-order valence-corrected chi connectivity index (χ1v) is 11.4. The molecule has 0 unspecified atom stereocenters. The monoisotopic (exact) mass is 456 g/mol. The van der Waals surface area contributed by atoms with Gasteiger partial charge in [0.25, 0.3) is 0 Å². The lowest BCUT2D eigenvalue weighted by Gasteiger charge is -2.35. The average molecular weight is 457 g/mol. The molecule has 1 aromatic heterocycles. The van der Waals surface area contributed by atoms with Crippen LogP contribution in [0.25, 0.3) is 11.1 Å². The maximum absolute atomic E-state index is 12.5. The first kappa shape index (κ1) is 23.1. The summed E-state index contributed by atoms with van der Waals surface area (Å²) in [6.07, 6.45) is 6.00. The predicted octanol–water partition coefficient (Wildman–Crippen LogP) is 2.89. The fraction of sp³-hybridized carbons (Fsp3) is 0.542.